The van der Waals surface area contributed by atoms with Gasteiger partial charge in [0.15, 0.2) is 0 Å². The van der Waals surface area contributed by atoms with Gasteiger partial charge in [0.2, 0.25) is 5.91 Å². The summed E-state index contributed by atoms with van der Waals surface area (Å²) in [5.74, 6) is -0.953. The van der Waals surface area contributed by atoms with Crippen molar-refractivity contribution in [1.29, 1.82) is 0 Å². The van der Waals surface area contributed by atoms with Crippen molar-refractivity contribution in [3.63, 3.8) is 0 Å². The molecule has 0 aliphatic rings. The van der Waals surface area contributed by atoms with E-state index >= 15 is 0 Å². The summed E-state index contributed by atoms with van der Waals surface area (Å²) in [5.41, 5.74) is 3.23. The molecule has 0 radical (unpaired) electrons. The maximum absolute atomic E-state index is 12.6. The van der Waals surface area contributed by atoms with Crippen LogP contribution in [0.1, 0.15) is 40.3 Å². The van der Waals surface area contributed by atoms with E-state index in [4.69, 9.17) is 4.74 Å². The van der Waals surface area contributed by atoms with E-state index in [0.29, 0.717) is 33.9 Å². The highest BCUT2D eigenvalue weighted by Crippen LogP contribution is 2.20. The summed E-state index contributed by atoms with van der Waals surface area (Å²) in [7, 11) is 0. The molecule has 8 nitrogen and oxygen atoms in total. The van der Waals surface area contributed by atoms with E-state index in [1.54, 1.807) is 61.0 Å². The first-order valence-electron chi connectivity index (χ1n) is 9.40. The molecule has 0 spiro atoms. The summed E-state index contributed by atoms with van der Waals surface area (Å²) in [6.07, 6.45) is 1.46. The van der Waals surface area contributed by atoms with E-state index < -0.39 is 5.97 Å². The third kappa shape index (κ3) is 4.72. The average molecular weight is 406 g/mol. The van der Waals surface area contributed by atoms with Gasteiger partial charge in [-0.05, 0) is 50.2 Å². The molecule has 0 unspecified atom stereocenters. The Morgan fingerprint density at radius 1 is 1.03 bits per heavy atom. The molecule has 2 amide bonds. The van der Waals surface area contributed by atoms with Crippen molar-refractivity contribution in [2.45, 2.75) is 20.8 Å². The lowest BCUT2D eigenvalue weighted by molar-refractivity contribution is -0.114. The van der Waals surface area contributed by atoms with Gasteiger partial charge in [0.05, 0.1) is 24.2 Å². The number of ether oxygens (including phenoxy) is 1. The van der Waals surface area contributed by atoms with Gasteiger partial charge in [-0.15, -0.1) is 0 Å². The molecule has 2 aromatic carbocycles. The van der Waals surface area contributed by atoms with E-state index in [2.05, 4.69) is 15.7 Å². The maximum Gasteiger partial charge on any atom is 0.341 e. The van der Waals surface area contributed by atoms with Crippen molar-refractivity contribution in [3.8, 4) is 5.69 Å². The number of amides is 2. The highest BCUT2D eigenvalue weighted by molar-refractivity contribution is 6.05. The van der Waals surface area contributed by atoms with Crippen LogP contribution >= 0.6 is 0 Å². The normalized spacial score (nSPS) is 10.4. The van der Waals surface area contributed by atoms with Crippen molar-refractivity contribution in [2.24, 2.45) is 0 Å². The Labute approximate surface area is 173 Å². The lowest BCUT2D eigenvalue weighted by atomic mass is 10.1. The van der Waals surface area contributed by atoms with Crippen LogP contribution in [0.15, 0.2) is 54.7 Å². The zero-order valence-electron chi connectivity index (χ0n) is 16.9. The molecular weight excluding hydrogens is 384 g/mol. The summed E-state index contributed by atoms with van der Waals surface area (Å²) in [4.78, 5) is 35.9. The minimum absolute atomic E-state index is 0.211. The number of carbonyl (C=O) groups excluding carboxylic acids is 3. The van der Waals surface area contributed by atoms with Crippen LogP contribution < -0.4 is 10.6 Å². The van der Waals surface area contributed by atoms with Gasteiger partial charge in [-0.3, -0.25) is 9.59 Å². The number of nitrogens with zero attached hydrogens (tertiary/aromatic N) is 2. The third-order valence-corrected chi connectivity index (χ3v) is 4.30. The van der Waals surface area contributed by atoms with Crippen LogP contribution in [-0.4, -0.2) is 34.2 Å². The maximum atomic E-state index is 12.6. The van der Waals surface area contributed by atoms with E-state index in [1.807, 2.05) is 6.07 Å². The monoisotopic (exact) mass is 406 g/mol. The Morgan fingerprint density at radius 2 is 1.73 bits per heavy atom. The minimum atomic E-state index is -0.426. The Hall–Kier alpha value is -3.94. The SMILES string of the molecule is CCOC(=O)c1cnn(-c2cccc(NC(=O)c3cccc(NC(C)=O)c3)c2)c1C. The predicted molar refractivity (Wildman–Crippen MR) is 113 cm³/mol. The van der Waals surface area contributed by atoms with Crippen molar-refractivity contribution < 1.29 is 19.1 Å². The average Bonchev–Trinajstić information content (AvgIpc) is 3.09. The zero-order chi connectivity index (χ0) is 21.7. The molecular formula is C22H22N4O4. The van der Waals surface area contributed by atoms with Gasteiger partial charge in [-0.2, -0.15) is 5.10 Å². The van der Waals surface area contributed by atoms with Crippen molar-refractivity contribution >= 4 is 29.2 Å². The second-order valence-electron chi connectivity index (χ2n) is 6.54. The fourth-order valence-electron chi connectivity index (χ4n) is 2.94. The molecule has 0 fully saturated rings. The van der Waals surface area contributed by atoms with E-state index in [-0.39, 0.29) is 18.4 Å². The van der Waals surface area contributed by atoms with Gasteiger partial charge >= 0.3 is 5.97 Å². The summed E-state index contributed by atoms with van der Waals surface area (Å²) in [5, 5.41) is 9.76. The first kappa shape index (κ1) is 20.8. The summed E-state index contributed by atoms with van der Waals surface area (Å²) < 4.78 is 6.65. The van der Waals surface area contributed by atoms with Gasteiger partial charge in [0.1, 0.15) is 5.56 Å². The fraction of sp³-hybridized carbons (Fsp3) is 0.182. The quantitative estimate of drug-likeness (QED) is 0.609. The summed E-state index contributed by atoms with van der Waals surface area (Å²) in [6, 6.07) is 13.8. The zero-order valence-corrected chi connectivity index (χ0v) is 16.9. The highest BCUT2D eigenvalue weighted by Gasteiger charge is 2.16. The molecule has 0 saturated carbocycles. The van der Waals surface area contributed by atoms with Crippen molar-refractivity contribution in [3.05, 3.63) is 71.5 Å². The molecule has 3 aromatic rings. The molecule has 2 N–H and O–H groups in total. The second-order valence-corrected chi connectivity index (χ2v) is 6.54. The standard InChI is InChI=1S/C22H22N4O4/c1-4-30-22(29)20-13-23-26(14(20)2)19-10-6-9-18(12-19)25-21(28)16-7-5-8-17(11-16)24-15(3)27/h5-13H,4H2,1-3H3,(H,24,27)(H,25,28). The Balaban J connectivity index is 1.81. The summed E-state index contributed by atoms with van der Waals surface area (Å²) in [6.45, 7) is 5.21. The Morgan fingerprint density at radius 3 is 2.43 bits per heavy atom. The van der Waals surface area contributed by atoms with Crippen LogP contribution in [0.25, 0.3) is 5.69 Å². The van der Waals surface area contributed by atoms with Crippen LogP contribution in [0.2, 0.25) is 0 Å². The number of esters is 1. The van der Waals surface area contributed by atoms with Crippen LogP contribution in [0.3, 0.4) is 0 Å². The minimum Gasteiger partial charge on any atom is -0.462 e. The number of nitrogens with one attached hydrogen (secondary N) is 2. The molecule has 1 heterocycles. The first-order chi connectivity index (χ1) is 14.4. The Bertz CT molecular complexity index is 1100. The summed E-state index contributed by atoms with van der Waals surface area (Å²) >= 11 is 0. The van der Waals surface area contributed by atoms with Crippen LogP contribution in [0.4, 0.5) is 11.4 Å². The van der Waals surface area contributed by atoms with Crippen molar-refractivity contribution in [2.75, 3.05) is 17.2 Å². The third-order valence-electron chi connectivity index (χ3n) is 4.30. The van der Waals surface area contributed by atoms with Gasteiger partial charge in [-0.1, -0.05) is 12.1 Å². The van der Waals surface area contributed by atoms with Gasteiger partial charge < -0.3 is 15.4 Å². The molecule has 0 saturated heterocycles. The van der Waals surface area contributed by atoms with Gasteiger partial charge in [0.25, 0.3) is 5.91 Å². The van der Waals surface area contributed by atoms with Crippen molar-refractivity contribution in [1.82, 2.24) is 9.78 Å². The molecule has 0 aliphatic heterocycles. The molecule has 0 atom stereocenters. The Kier molecular flexibility index (Phi) is 6.26. The number of anilines is 2. The number of benzene rings is 2. The highest BCUT2D eigenvalue weighted by atomic mass is 16.5. The lowest BCUT2D eigenvalue weighted by Gasteiger charge is -2.10. The number of aromatic nitrogens is 2. The van der Waals surface area contributed by atoms with Crippen LogP contribution in [0.5, 0.6) is 0 Å². The molecule has 154 valence electrons. The fourth-order valence-corrected chi connectivity index (χ4v) is 2.94. The molecule has 0 aliphatic carbocycles. The molecule has 0 bridgehead atoms. The lowest BCUT2D eigenvalue weighted by Crippen LogP contribution is -2.13. The van der Waals surface area contributed by atoms with Crippen LogP contribution in [0, 0.1) is 6.92 Å². The molecule has 3 rings (SSSR count). The van der Waals surface area contributed by atoms with E-state index in [1.165, 1.54) is 13.1 Å². The van der Waals surface area contributed by atoms with E-state index in [9.17, 15) is 14.4 Å². The molecule has 1 aromatic heterocycles. The number of hydrogen-bond acceptors (Lipinski definition) is 5. The molecule has 8 heteroatoms. The van der Waals surface area contributed by atoms with Crippen LogP contribution in [-0.2, 0) is 9.53 Å². The predicted octanol–water partition coefficient (Wildman–Crippen LogP) is 3.57. The number of hydrogen-bond donors (Lipinski definition) is 2. The largest absolute Gasteiger partial charge is 0.462 e. The number of carbonyl (C=O) groups is 3. The number of rotatable bonds is 6. The van der Waals surface area contributed by atoms with E-state index in [0.717, 1.165) is 0 Å². The van der Waals surface area contributed by atoms with Gasteiger partial charge in [0, 0.05) is 23.9 Å². The van der Waals surface area contributed by atoms with Gasteiger partial charge in [-0.25, -0.2) is 9.48 Å². The molecule has 30 heavy (non-hydrogen) atoms. The first-order valence-corrected chi connectivity index (χ1v) is 9.40. The smallest absolute Gasteiger partial charge is 0.341 e. The topological polar surface area (TPSA) is 102 Å². The second kappa shape index (κ2) is 9.04.